The Morgan fingerprint density at radius 1 is 0.688 bits per heavy atom. The fourth-order valence-corrected chi connectivity index (χ4v) is 3.38. The molecule has 0 spiro atoms. The van der Waals surface area contributed by atoms with Crippen molar-refractivity contribution in [3.8, 4) is 11.5 Å². The van der Waals surface area contributed by atoms with Gasteiger partial charge in [0.25, 0.3) is 0 Å². The highest BCUT2D eigenvalue weighted by Crippen LogP contribution is 2.24. The van der Waals surface area contributed by atoms with Gasteiger partial charge in [-0.15, -0.1) is 0 Å². The van der Waals surface area contributed by atoms with Crippen LogP contribution in [0.15, 0.2) is 66.7 Å². The molecule has 6 heteroatoms. The van der Waals surface area contributed by atoms with E-state index in [-0.39, 0.29) is 5.56 Å². The summed E-state index contributed by atoms with van der Waals surface area (Å²) in [4.78, 5) is 37.3. The second kappa shape index (κ2) is 10.4. The van der Waals surface area contributed by atoms with Gasteiger partial charge in [0.15, 0.2) is 0 Å². The number of Topliss-reactive ketones (excluding diaryl/α,β-unsaturated/α-hetero) is 2. The molecule has 0 N–H and O–H groups in total. The molecule has 0 radical (unpaired) electrons. The minimum Gasteiger partial charge on any atom is -0.497 e. The number of esters is 1. The van der Waals surface area contributed by atoms with Gasteiger partial charge in [0.2, 0.25) is 11.6 Å². The van der Waals surface area contributed by atoms with E-state index in [9.17, 15) is 14.4 Å². The second-order valence-electron chi connectivity index (χ2n) is 7.11. The Hall–Kier alpha value is -3.93. The third-order valence-electron chi connectivity index (χ3n) is 5.13. The van der Waals surface area contributed by atoms with E-state index < -0.39 is 17.5 Å². The van der Waals surface area contributed by atoms with E-state index in [1.54, 1.807) is 32.4 Å². The first-order valence-electron chi connectivity index (χ1n) is 10.0. The highest BCUT2D eigenvalue weighted by atomic mass is 16.5. The van der Waals surface area contributed by atoms with Crippen molar-refractivity contribution in [1.29, 1.82) is 0 Å². The Morgan fingerprint density at radius 2 is 1.28 bits per heavy atom. The predicted molar refractivity (Wildman–Crippen MR) is 120 cm³/mol. The van der Waals surface area contributed by atoms with Gasteiger partial charge in [0.05, 0.1) is 26.9 Å². The first-order valence-corrected chi connectivity index (χ1v) is 10.0. The number of carbonyl (C=O) groups excluding carboxylic acids is 3. The normalized spacial score (nSPS) is 10.3. The lowest BCUT2D eigenvalue weighted by Crippen LogP contribution is -2.17. The topological polar surface area (TPSA) is 78.9 Å². The Morgan fingerprint density at radius 3 is 1.88 bits per heavy atom. The van der Waals surface area contributed by atoms with E-state index in [0.29, 0.717) is 35.5 Å². The van der Waals surface area contributed by atoms with Gasteiger partial charge in [-0.05, 0) is 48.2 Å². The van der Waals surface area contributed by atoms with Crippen LogP contribution in [0.25, 0.3) is 0 Å². The Kier molecular flexibility index (Phi) is 7.39. The number of hydrogen-bond donors (Lipinski definition) is 0. The fraction of sp³-hybridized carbons (Fsp3) is 0.192. The number of benzene rings is 3. The lowest BCUT2D eigenvalue weighted by Gasteiger charge is -2.11. The maximum atomic E-state index is 13.0. The van der Waals surface area contributed by atoms with Crippen molar-refractivity contribution in [3.63, 3.8) is 0 Å². The summed E-state index contributed by atoms with van der Waals surface area (Å²) in [5, 5.41) is 0. The summed E-state index contributed by atoms with van der Waals surface area (Å²) in [6.07, 6.45) is 1.20. The van der Waals surface area contributed by atoms with Crippen molar-refractivity contribution in [2.24, 2.45) is 0 Å². The van der Waals surface area contributed by atoms with Crippen molar-refractivity contribution >= 4 is 17.5 Å². The van der Waals surface area contributed by atoms with Crippen LogP contribution in [0.2, 0.25) is 0 Å². The third-order valence-corrected chi connectivity index (χ3v) is 5.13. The van der Waals surface area contributed by atoms with Crippen LogP contribution in [0.1, 0.15) is 42.2 Å². The SMILES string of the molecule is COC(=O)c1ccc(C(=O)C(=O)c2ccccc2CCc2cc(OC)cc(OC)c2)cc1. The zero-order valence-electron chi connectivity index (χ0n) is 18.2. The van der Waals surface area contributed by atoms with E-state index in [1.807, 2.05) is 24.3 Å². The smallest absolute Gasteiger partial charge is 0.337 e. The number of ether oxygens (including phenoxy) is 3. The van der Waals surface area contributed by atoms with Gasteiger partial charge in [0.1, 0.15) is 11.5 Å². The molecule has 0 heterocycles. The number of methoxy groups -OCH3 is 3. The maximum absolute atomic E-state index is 13.0. The summed E-state index contributed by atoms with van der Waals surface area (Å²) in [6, 6.07) is 18.6. The van der Waals surface area contributed by atoms with Crippen molar-refractivity contribution in [2.75, 3.05) is 21.3 Å². The van der Waals surface area contributed by atoms with E-state index in [2.05, 4.69) is 4.74 Å². The first kappa shape index (κ1) is 22.7. The maximum Gasteiger partial charge on any atom is 0.337 e. The Bertz CT molecular complexity index is 1110. The molecular weight excluding hydrogens is 408 g/mol. The van der Waals surface area contributed by atoms with Gasteiger partial charge in [-0.2, -0.15) is 0 Å². The molecular formula is C26H24O6. The summed E-state index contributed by atoms with van der Waals surface area (Å²) in [6.45, 7) is 0. The van der Waals surface area contributed by atoms with E-state index >= 15 is 0 Å². The van der Waals surface area contributed by atoms with Gasteiger partial charge >= 0.3 is 5.97 Å². The molecule has 0 aliphatic carbocycles. The number of carbonyl (C=O) groups is 3. The van der Waals surface area contributed by atoms with Crippen LogP contribution in [-0.2, 0) is 17.6 Å². The van der Waals surface area contributed by atoms with Crippen LogP contribution < -0.4 is 9.47 Å². The van der Waals surface area contributed by atoms with Crippen molar-refractivity contribution in [1.82, 2.24) is 0 Å². The Labute approximate surface area is 186 Å². The summed E-state index contributed by atoms with van der Waals surface area (Å²) in [7, 11) is 4.47. The Balaban J connectivity index is 1.79. The number of aryl methyl sites for hydroxylation is 2. The standard InChI is InChI=1S/C26H24O6/c1-30-21-14-17(15-22(16-21)31-2)8-9-18-6-4-5-7-23(18)25(28)24(27)19-10-12-20(13-11-19)26(29)32-3/h4-7,10-16H,8-9H2,1-3H3. The molecule has 0 saturated heterocycles. The molecule has 0 bridgehead atoms. The van der Waals surface area contributed by atoms with Gasteiger partial charge in [-0.25, -0.2) is 4.79 Å². The molecule has 3 aromatic rings. The quantitative estimate of drug-likeness (QED) is 0.284. The van der Waals surface area contributed by atoms with Crippen LogP contribution in [-0.4, -0.2) is 38.9 Å². The average molecular weight is 432 g/mol. The minimum absolute atomic E-state index is 0.218. The van der Waals surface area contributed by atoms with Gasteiger partial charge < -0.3 is 14.2 Å². The van der Waals surface area contributed by atoms with Crippen molar-refractivity contribution < 1.29 is 28.6 Å². The van der Waals surface area contributed by atoms with Crippen LogP contribution in [0.4, 0.5) is 0 Å². The second-order valence-corrected chi connectivity index (χ2v) is 7.11. The molecule has 3 rings (SSSR count). The monoisotopic (exact) mass is 432 g/mol. The molecule has 0 aliphatic rings. The molecule has 0 aromatic heterocycles. The summed E-state index contributed by atoms with van der Waals surface area (Å²) in [5.41, 5.74) is 2.66. The summed E-state index contributed by atoms with van der Waals surface area (Å²) in [5.74, 6) is -0.343. The highest BCUT2D eigenvalue weighted by molar-refractivity contribution is 6.49. The number of rotatable bonds is 9. The molecule has 32 heavy (non-hydrogen) atoms. The lowest BCUT2D eigenvalue weighted by atomic mass is 9.93. The summed E-state index contributed by atoms with van der Waals surface area (Å²) < 4.78 is 15.3. The van der Waals surface area contributed by atoms with Crippen LogP contribution in [0, 0.1) is 0 Å². The van der Waals surface area contributed by atoms with Crippen LogP contribution in [0.5, 0.6) is 11.5 Å². The fourth-order valence-electron chi connectivity index (χ4n) is 3.38. The van der Waals surface area contributed by atoms with Crippen molar-refractivity contribution in [3.05, 3.63) is 94.5 Å². The van der Waals surface area contributed by atoms with Crippen LogP contribution >= 0.6 is 0 Å². The molecule has 0 unspecified atom stereocenters. The molecule has 164 valence electrons. The number of hydrogen-bond acceptors (Lipinski definition) is 6. The molecule has 0 amide bonds. The minimum atomic E-state index is -0.628. The van der Waals surface area contributed by atoms with Gasteiger partial charge in [0, 0.05) is 17.2 Å². The zero-order valence-corrected chi connectivity index (χ0v) is 18.2. The van der Waals surface area contributed by atoms with E-state index in [0.717, 1.165) is 11.1 Å². The molecule has 0 fully saturated rings. The first-order chi connectivity index (χ1) is 15.5. The molecule has 0 aliphatic heterocycles. The van der Waals surface area contributed by atoms with Gasteiger partial charge in [-0.1, -0.05) is 36.4 Å². The average Bonchev–Trinajstić information content (AvgIpc) is 2.86. The third kappa shape index (κ3) is 5.21. The van der Waals surface area contributed by atoms with E-state index in [4.69, 9.17) is 9.47 Å². The highest BCUT2D eigenvalue weighted by Gasteiger charge is 2.21. The summed E-state index contributed by atoms with van der Waals surface area (Å²) >= 11 is 0. The van der Waals surface area contributed by atoms with E-state index in [1.165, 1.54) is 31.4 Å². The molecule has 6 nitrogen and oxygen atoms in total. The van der Waals surface area contributed by atoms with Gasteiger partial charge in [-0.3, -0.25) is 9.59 Å². The van der Waals surface area contributed by atoms with Crippen LogP contribution in [0.3, 0.4) is 0 Å². The molecule has 0 atom stereocenters. The zero-order chi connectivity index (χ0) is 23.1. The predicted octanol–water partition coefficient (Wildman–Crippen LogP) is 4.34. The largest absolute Gasteiger partial charge is 0.497 e. The number of ketones is 2. The van der Waals surface area contributed by atoms with Crippen molar-refractivity contribution in [2.45, 2.75) is 12.8 Å². The lowest BCUT2D eigenvalue weighted by molar-refractivity contribution is 0.0600. The molecule has 0 saturated carbocycles. The molecule has 3 aromatic carbocycles.